The molecule has 9 nitrogen and oxygen atoms in total. The number of carbonyl (C=O) groups excluding carboxylic acids is 2. The van der Waals surface area contributed by atoms with Crippen LogP contribution in [0.5, 0.6) is 0 Å². The molecule has 136 valence electrons. The van der Waals surface area contributed by atoms with Crippen LogP contribution in [0.25, 0.3) is 0 Å². The second-order valence-electron chi connectivity index (χ2n) is 5.60. The third-order valence-corrected chi connectivity index (χ3v) is 3.57. The summed E-state index contributed by atoms with van der Waals surface area (Å²) in [7, 11) is 0. The molecule has 1 aliphatic rings. The molecular formula is C16H24N6O3. The highest BCUT2D eigenvalue weighted by Gasteiger charge is 2.09. The number of aromatic nitrogens is 2. The van der Waals surface area contributed by atoms with Crippen molar-refractivity contribution >= 4 is 11.8 Å². The van der Waals surface area contributed by atoms with Crippen LogP contribution in [0.1, 0.15) is 23.8 Å². The smallest absolute Gasteiger partial charge is 0.289 e. The Morgan fingerprint density at radius 3 is 2.80 bits per heavy atom. The van der Waals surface area contributed by atoms with Crippen LogP contribution in [-0.4, -0.2) is 66.1 Å². The van der Waals surface area contributed by atoms with Gasteiger partial charge in [0.1, 0.15) is 5.69 Å². The Labute approximate surface area is 146 Å². The topological polar surface area (TPSA) is 108 Å². The Kier molecular flexibility index (Phi) is 7.80. The van der Waals surface area contributed by atoms with Crippen molar-refractivity contribution in [2.24, 2.45) is 0 Å². The number of amides is 2. The van der Waals surface area contributed by atoms with Gasteiger partial charge in [-0.3, -0.25) is 24.9 Å². The molecular weight excluding hydrogens is 324 g/mol. The van der Waals surface area contributed by atoms with Crippen LogP contribution in [-0.2, 0) is 9.53 Å². The number of hydrazine groups is 1. The Morgan fingerprint density at radius 1 is 1.28 bits per heavy atom. The summed E-state index contributed by atoms with van der Waals surface area (Å²) in [6.45, 7) is 6.68. The van der Waals surface area contributed by atoms with E-state index in [1.165, 1.54) is 24.7 Å². The molecule has 1 fully saturated rings. The maximum atomic E-state index is 11.8. The van der Waals surface area contributed by atoms with Gasteiger partial charge in [0, 0.05) is 43.8 Å². The minimum atomic E-state index is -0.424. The molecule has 1 saturated heterocycles. The summed E-state index contributed by atoms with van der Waals surface area (Å²) in [4.78, 5) is 33.6. The van der Waals surface area contributed by atoms with Gasteiger partial charge in [-0.1, -0.05) is 0 Å². The van der Waals surface area contributed by atoms with Crippen LogP contribution in [0.2, 0.25) is 0 Å². The number of ether oxygens (including phenoxy) is 1. The first kappa shape index (κ1) is 18.8. The second-order valence-corrected chi connectivity index (χ2v) is 5.60. The molecule has 1 aromatic heterocycles. The number of hydrogen-bond donors (Lipinski definition) is 3. The van der Waals surface area contributed by atoms with Gasteiger partial charge in [-0.15, -0.1) is 0 Å². The van der Waals surface area contributed by atoms with Crippen molar-refractivity contribution in [1.29, 1.82) is 0 Å². The third kappa shape index (κ3) is 7.27. The van der Waals surface area contributed by atoms with Crippen LogP contribution in [0.4, 0.5) is 0 Å². The fraction of sp³-hybridized carbons (Fsp3) is 0.500. The van der Waals surface area contributed by atoms with Gasteiger partial charge in [0.25, 0.3) is 5.91 Å². The maximum absolute atomic E-state index is 11.8. The number of nitrogens with one attached hydrogen (secondary N) is 3. The van der Waals surface area contributed by atoms with Crippen LogP contribution >= 0.6 is 0 Å². The van der Waals surface area contributed by atoms with Gasteiger partial charge < -0.3 is 15.5 Å². The number of hydrogen-bond acceptors (Lipinski definition) is 7. The van der Waals surface area contributed by atoms with Crippen LogP contribution in [0, 0.1) is 0 Å². The highest BCUT2D eigenvalue weighted by Crippen LogP contribution is 1.97. The highest BCUT2D eigenvalue weighted by molar-refractivity contribution is 5.92. The molecule has 2 amide bonds. The summed E-state index contributed by atoms with van der Waals surface area (Å²) in [6.07, 6.45) is 6.55. The predicted molar refractivity (Wildman–Crippen MR) is 91.3 cm³/mol. The molecule has 1 aromatic rings. The van der Waals surface area contributed by atoms with Crippen LogP contribution in [0.3, 0.4) is 0 Å². The SMILES string of the molecule is C/C(=C/C(=O)NCCCN1CCOCC1)NNC(=O)c1cnccn1. The lowest BCUT2D eigenvalue weighted by Gasteiger charge is -2.26. The molecule has 0 spiro atoms. The van der Waals surface area contributed by atoms with Gasteiger partial charge in [-0.25, -0.2) is 4.98 Å². The number of rotatable bonds is 8. The Hall–Kier alpha value is -2.52. The zero-order valence-corrected chi connectivity index (χ0v) is 14.3. The van der Waals surface area contributed by atoms with Gasteiger partial charge in [-0.05, 0) is 19.9 Å². The van der Waals surface area contributed by atoms with Crippen molar-refractivity contribution in [2.75, 3.05) is 39.4 Å². The molecule has 0 atom stereocenters. The molecule has 0 aromatic carbocycles. The van der Waals surface area contributed by atoms with Gasteiger partial charge >= 0.3 is 0 Å². The van der Waals surface area contributed by atoms with Gasteiger partial charge in [-0.2, -0.15) is 0 Å². The van der Waals surface area contributed by atoms with Crippen molar-refractivity contribution in [1.82, 2.24) is 31.0 Å². The van der Waals surface area contributed by atoms with E-state index in [1.54, 1.807) is 6.92 Å². The lowest BCUT2D eigenvalue weighted by atomic mass is 10.3. The highest BCUT2D eigenvalue weighted by atomic mass is 16.5. The maximum Gasteiger partial charge on any atom is 0.289 e. The van der Waals surface area contributed by atoms with E-state index in [4.69, 9.17) is 4.74 Å². The molecule has 0 saturated carbocycles. The van der Waals surface area contributed by atoms with Crippen molar-refractivity contribution < 1.29 is 14.3 Å². The molecule has 3 N–H and O–H groups in total. The molecule has 25 heavy (non-hydrogen) atoms. The molecule has 1 aliphatic heterocycles. The van der Waals surface area contributed by atoms with E-state index in [2.05, 4.69) is 31.0 Å². The lowest BCUT2D eigenvalue weighted by Crippen LogP contribution is -2.38. The third-order valence-electron chi connectivity index (χ3n) is 3.57. The van der Waals surface area contributed by atoms with Crippen molar-refractivity contribution in [2.45, 2.75) is 13.3 Å². The Balaban J connectivity index is 1.61. The van der Waals surface area contributed by atoms with E-state index in [1.807, 2.05) is 0 Å². The monoisotopic (exact) mass is 348 g/mol. The quantitative estimate of drug-likeness (QED) is 0.329. The number of morpholine rings is 1. The zero-order valence-electron chi connectivity index (χ0n) is 14.3. The Morgan fingerprint density at radius 2 is 2.08 bits per heavy atom. The molecule has 0 radical (unpaired) electrons. The number of carbonyl (C=O) groups is 2. The summed E-state index contributed by atoms with van der Waals surface area (Å²) in [6, 6.07) is 0. The minimum Gasteiger partial charge on any atom is -0.379 e. The van der Waals surface area contributed by atoms with E-state index in [9.17, 15) is 9.59 Å². The number of nitrogens with zero attached hydrogens (tertiary/aromatic N) is 3. The van der Waals surface area contributed by atoms with Crippen molar-refractivity contribution in [3.63, 3.8) is 0 Å². The number of allylic oxidation sites excluding steroid dienone is 1. The van der Waals surface area contributed by atoms with Gasteiger partial charge in [0.05, 0.1) is 19.4 Å². The average molecular weight is 348 g/mol. The average Bonchev–Trinajstić information content (AvgIpc) is 2.65. The summed E-state index contributed by atoms with van der Waals surface area (Å²) < 4.78 is 5.29. The lowest BCUT2D eigenvalue weighted by molar-refractivity contribution is -0.116. The van der Waals surface area contributed by atoms with E-state index in [-0.39, 0.29) is 11.6 Å². The van der Waals surface area contributed by atoms with E-state index < -0.39 is 5.91 Å². The van der Waals surface area contributed by atoms with Crippen molar-refractivity contribution in [3.05, 3.63) is 36.1 Å². The molecule has 2 rings (SSSR count). The summed E-state index contributed by atoms with van der Waals surface area (Å²) in [5, 5.41) is 2.82. The Bertz CT molecular complexity index is 587. The molecule has 0 bridgehead atoms. The normalized spacial score (nSPS) is 15.5. The summed E-state index contributed by atoms with van der Waals surface area (Å²) in [5.41, 5.74) is 5.83. The van der Waals surface area contributed by atoms with Crippen molar-refractivity contribution in [3.8, 4) is 0 Å². The largest absolute Gasteiger partial charge is 0.379 e. The molecule has 0 aliphatic carbocycles. The predicted octanol–water partition coefficient (Wildman–Crippen LogP) is -0.547. The molecule has 9 heteroatoms. The summed E-state index contributed by atoms with van der Waals surface area (Å²) >= 11 is 0. The molecule has 0 unspecified atom stereocenters. The van der Waals surface area contributed by atoms with E-state index in [0.29, 0.717) is 12.2 Å². The minimum absolute atomic E-state index is 0.190. The van der Waals surface area contributed by atoms with Gasteiger partial charge in [0.2, 0.25) is 5.91 Å². The zero-order chi connectivity index (χ0) is 17.9. The van der Waals surface area contributed by atoms with Crippen LogP contribution < -0.4 is 16.2 Å². The van der Waals surface area contributed by atoms with Gasteiger partial charge in [0.15, 0.2) is 0 Å². The summed E-state index contributed by atoms with van der Waals surface area (Å²) in [5.74, 6) is -0.632. The first-order valence-electron chi connectivity index (χ1n) is 8.24. The fourth-order valence-corrected chi connectivity index (χ4v) is 2.26. The standard InChI is InChI=1S/C16H24N6O3/c1-13(20-21-16(24)14-12-17-4-5-18-14)11-15(23)19-3-2-6-22-7-9-25-10-8-22/h4-5,11-12,20H,2-3,6-10H2,1H3,(H,19,23)(H,21,24)/b13-11-. The molecule has 2 heterocycles. The van der Waals surface area contributed by atoms with E-state index in [0.717, 1.165) is 39.3 Å². The second kappa shape index (κ2) is 10.4. The first-order valence-corrected chi connectivity index (χ1v) is 8.24. The van der Waals surface area contributed by atoms with Crippen LogP contribution in [0.15, 0.2) is 30.4 Å². The first-order chi connectivity index (χ1) is 12.1. The van der Waals surface area contributed by atoms with E-state index >= 15 is 0 Å². The fourth-order valence-electron chi connectivity index (χ4n) is 2.26.